The minimum absolute atomic E-state index is 0.156. The smallest absolute Gasteiger partial charge is 0.212 e. The van der Waals surface area contributed by atoms with E-state index in [1.165, 1.54) is 12.8 Å². The third-order valence-corrected chi connectivity index (χ3v) is 6.21. The van der Waals surface area contributed by atoms with Crippen LogP contribution in [-0.4, -0.2) is 25.3 Å². The van der Waals surface area contributed by atoms with Crippen molar-refractivity contribution in [3.63, 3.8) is 0 Å². The van der Waals surface area contributed by atoms with Gasteiger partial charge in [0.2, 0.25) is 10.0 Å². The second-order valence-electron chi connectivity index (χ2n) is 5.84. The zero-order valence-electron chi connectivity index (χ0n) is 11.4. The van der Waals surface area contributed by atoms with E-state index in [1.807, 2.05) is 31.2 Å². The Morgan fingerprint density at radius 2 is 1.95 bits per heavy atom. The first kappa shape index (κ1) is 13.1. The van der Waals surface area contributed by atoms with Gasteiger partial charge < -0.3 is 0 Å². The summed E-state index contributed by atoms with van der Waals surface area (Å²) in [5.41, 5.74) is 2.00. The molecule has 19 heavy (non-hydrogen) atoms. The molecule has 1 aliphatic heterocycles. The molecular weight excluding hydrogens is 258 g/mol. The van der Waals surface area contributed by atoms with Crippen molar-refractivity contribution in [1.82, 2.24) is 4.31 Å². The maximum Gasteiger partial charge on any atom is 0.218 e. The number of rotatable bonds is 4. The number of hydrogen-bond donors (Lipinski definition) is 0. The summed E-state index contributed by atoms with van der Waals surface area (Å²) in [5, 5.41) is 0. The monoisotopic (exact) mass is 279 g/mol. The van der Waals surface area contributed by atoms with Gasteiger partial charge in [-0.25, -0.2) is 8.42 Å². The van der Waals surface area contributed by atoms with Crippen molar-refractivity contribution in [2.75, 3.05) is 6.54 Å². The summed E-state index contributed by atoms with van der Waals surface area (Å²) in [4.78, 5) is 0. The Morgan fingerprint density at radius 3 is 2.63 bits per heavy atom. The molecule has 1 unspecified atom stereocenters. The van der Waals surface area contributed by atoms with Crippen molar-refractivity contribution in [3.8, 4) is 0 Å². The van der Waals surface area contributed by atoms with Crippen LogP contribution in [0.1, 0.15) is 36.8 Å². The van der Waals surface area contributed by atoms with E-state index in [4.69, 9.17) is 0 Å². The predicted molar refractivity (Wildman–Crippen MR) is 76.3 cm³/mol. The average molecular weight is 279 g/mol. The third kappa shape index (κ3) is 2.70. The molecule has 0 radical (unpaired) electrons. The van der Waals surface area contributed by atoms with Crippen molar-refractivity contribution in [2.24, 2.45) is 5.92 Å². The fourth-order valence-corrected chi connectivity index (χ4v) is 5.09. The molecule has 3 rings (SSSR count). The Labute approximate surface area is 115 Å². The SMILES string of the molecule is Cc1ccccc1CS(=O)(=O)N1CCCC1C1CC1. The molecule has 2 aliphatic rings. The molecule has 4 heteroatoms. The quantitative estimate of drug-likeness (QED) is 0.850. The van der Waals surface area contributed by atoms with E-state index >= 15 is 0 Å². The minimum atomic E-state index is -3.16. The largest absolute Gasteiger partial charge is 0.218 e. The number of aryl methyl sites for hydroxylation is 1. The molecule has 1 saturated heterocycles. The summed E-state index contributed by atoms with van der Waals surface area (Å²) in [6.07, 6.45) is 4.49. The highest BCUT2D eigenvalue weighted by Gasteiger charge is 2.42. The lowest BCUT2D eigenvalue weighted by molar-refractivity contribution is 0.356. The van der Waals surface area contributed by atoms with Crippen LogP contribution < -0.4 is 0 Å². The molecule has 0 bridgehead atoms. The van der Waals surface area contributed by atoms with Crippen molar-refractivity contribution < 1.29 is 8.42 Å². The summed E-state index contributed by atoms with van der Waals surface area (Å²) in [7, 11) is -3.16. The van der Waals surface area contributed by atoms with Crippen LogP contribution in [0.4, 0.5) is 0 Å². The standard InChI is InChI=1S/C15H21NO2S/c1-12-5-2-3-6-14(12)11-19(17,18)16-10-4-7-15(16)13-8-9-13/h2-3,5-6,13,15H,4,7-11H2,1H3. The maximum absolute atomic E-state index is 12.6. The first-order valence-corrected chi connectivity index (χ1v) is 8.73. The van der Waals surface area contributed by atoms with E-state index in [1.54, 1.807) is 4.31 Å². The lowest BCUT2D eigenvalue weighted by Crippen LogP contribution is -2.37. The Bertz CT molecular complexity index is 563. The highest BCUT2D eigenvalue weighted by molar-refractivity contribution is 7.88. The molecule has 0 N–H and O–H groups in total. The van der Waals surface area contributed by atoms with Crippen LogP contribution in [0.3, 0.4) is 0 Å². The van der Waals surface area contributed by atoms with E-state index < -0.39 is 10.0 Å². The van der Waals surface area contributed by atoms with Gasteiger partial charge in [-0.05, 0) is 49.7 Å². The Balaban J connectivity index is 1.80. The second-order valence-corrected chi connectivity index (χ2v) is 7.76. The van der Waals surface area contributed by atoms with Gasteiger partial charge in [-0.2, -0.15) is 4.31 Å². The van der Waals surface area contributed by atoms with Gasteiger partial charge >= 0.3 is 0 Å². The Hall–Kier alpha value is -0.870. The molecule has 0 spiro atoms. The van der Waals surface area contributed by atoms with Crippen LogP contribution in [0.25, 0.3) is 0 Å². The lowest BCUT2D eigenvalue weighted by Gasteiger charge is -2.24. The Kier molecular flexibility index (Phi) is 3.39. The highest BCUT2D eigenvalue weighted by Crippen LogP contribution is 2.41. The molecule has 1 aromatic carbocycles. The van der Waals surface area contributed by atoms with Crippen LogP contribution in [0.15, 0.2) is 24.3 Å². The molecule has 2 fully saturated rings. The second kappa shape index (κ2) is 4.91. The minimum Gasteiger partial charge on any atom is -0.212 e. The van der Waals surface area contributed by atoms with Crippen LogP contribution in [0.5, 0.6) is 0 Å². The zero-order chi connectivity index (χ0) is 13.5. The third-order valence-electron chi connectivity index (χ3n) is 4.37. The molecule has 3 nitrogen and oxygen atoms in total. The van der Waals surface area contributed by atoms with Crippen molar-refractivity contribution in [1.29, 1.82) is 0 Å². The number of benzene rings is 1. The first-order chi connectivity index (χ1) is 9.08. The van der Waals surface area contributed by atoms with Crippen molar-refractivity contribution >= 4 is 10.0 Å². The number of sulfonamides is 1. The number of nitrogens with zero attached hydrogens (tertiary/aromatic N) is 1. The van der Waals surface area contributed by atoms with E-state index in [0.717, 1.165) is 30.5 Å². The summed E-state index contributed by atoms with van der Waals surface area (Å²) >= 11 is 0. The topological polar surface area (TPSA) is 37.4 Å². The van der Waals surface area contributed by atoms with Gasteiger partial charge in [0.25, 0.3) is 0 Å². The van der Waals surface area contributed by atoms with Crippen molar-refractivity contribution in [3.05, 3.63) is 35.4 Å². The lowest BCUT2D eigenvalue weighted by atomic mass is 10.1. The normalized spacial score (nSPS) is 24.8. The van der Waals surface area contributed by atoms with E-state index in [-0.39, 0.29) is 11.8 Å². The molecule has 0 amide bonds. The summed E-state index contributed by atoms with van der Waals surface area (Å²) in [6.45, 7) is 2.70. The summed E-state index contributed by atoms with van der Waals surface area (Å²) in [6, 6.07) is 8.06. The summed E-state index contributed by atoms with van der Waals surface area (Å²) < 4.78 is 27.0. The van der Waals surface area contributed by atoms with Crippen molar-refractivity contribution in [2.45, 2.75) is 44.4 Å². The average Bonchev–Trinajstić information content (AvgIpc) is 3.09. The highest BCUT2D eigenvalue weighted by atomic mass is 32.2. The molecule has 1 heterocycles. The van der Waals surface area contributed by atoms with Crippen LogP contribution in [0, 0.1) is 12.8 Å². The van der Waals surface area contributed by atoms with Gasteiger partial charge in [-0.15, -0.1) is 0 Å². The fourth-order valence-electron chi connectivity index (χ4n) is 3.11. The van der Waals surface area contributed by atoms with E-state index in [2.05, 4.69) is 0 Å². The van der Waals surface area contributed by atoms with Gasteiger partial charge in [-0.3, -0.25) is 0 Å². The molecule has 104 valence electrons. The van der Waals surface area contributed by atoms with E-state index in [9.17, 15) is 8.42 Å². The van der Waals surface area contributed by atoms with Gasteiger partial charge in [0.15, 0.2) is 0 Å². The van der Waals surface area contributed by atoms with Crippen LogP contribution in [0.2, 0.25) is 0 Å². The predicted octanol–water partition coefficient (Wildman–Crippen LogP) is 2.70. The molecule has 1 saturated carbocycles. The zero-order valence-corrected chi connectivity index (χ0v) is 12.2. The van der Waals surface area contributed by atoms with Gasteiger partial charge in [0, 0.05) is 12.6 Å². The molecule has 1 aliphatic carbocycles. The fraction of sp³-hybridized carbons (Fsp3) is 0.600. The van der Waals surface area contributed by atoms with Crippen LogP contribution in [-0.2, 0) is 15.8 Å². The Morgan fingerprint density at radius 1 is 1.21 bits per heavy atom. The molecule has 0 aromatic heterocycles. The van der Waals surface area contributed by atoms with Gasteiger partial charge in [0.1, 0.15) is 0 Å². The summed E-state index contributed by atoms with van der Waals surface area (Å²) in [5.74, 6) is 0.789. The maximum atomic E-state index is 12.6. The molecular formula is C15H21NO2S. The molecule has 1 atom stereocenters. The van der Waals surface area contributed by atoms with Crippen LogP contribution >= 0.6 is 0 Å². The number of hydrogen-bond acceptors (Lipinski definition) is 2. The van der Waals surface area contributed by atoms with E-state index in [0.29, 0.717) is 5.92 Å². The van der Waals surface area contributed by atoms with Gasteiger partial charge in [-0.1, -0.05) is 24.3 Å². The van der Waals surface area contributed by atoms with Gasteiger partial charge in [0.05, 0.1) is 5.75 Å². The first-order valence-electron chi connectivity index (χ1n) is 7.12. The molecule has 1 aromatic rings.